The molecule has 0 aromatic heterocycles. The fourth-order valence-corrected chi connectivity index (χ4v) is 2.36. The first-order chi connectivity index (χ1) is 9.43. The Kier molecular flexibility index (Phi) is 6.37. The maximum absolute atomic E-state index is 13.5. The van der Waals surface area contributed by atoms with E-state index >= 15 is 0 Å². The summed E-state index contributed by atoms with van der Waals surface area (Å²) in [7, 11) is 0. The highest BCUT2D eigenvalue weighted by atomic mass is 35.5. The van der Waals surface area contributed by atoms with E-state index in [0.29, 0.717) is 32.2 Å². The molecule has 0 spiro atoms. The van der Waals surface area contributed by atoms with Crippen LogP contribution >= 0.6 is 12.4 Å². The lowest BCUT2D eigenvalue weighted by atomic mass is 10.0. The van der Waals surface area contributed by atoms with Crippen molar-refractivity contribution in [3.63, 3.8) is 0 Å². The molecule has 0 aliphatic carbocycles. The fraction of sp³-hybridized carbons (Fsp3) is 0.538. The maximum Gasteiger partial charge on any atom is 0.419 e. The normalized spacial score (nSPS) is 18.1. The Balaban J connectivity index is 0.00000220. The van der Waals surface area contributed by atoms with Crippen molar-refractivity contribution in [3.8, 4) is 0 Å². The number of hydrogen-bond acceptors (Lipinski definition) is 2. The molecule has 0 radical (unpaired) electrons. The second-order valence-electron chi connectivity index (χ2n) is 4.69. The third kappa shape index (κ3) is 4.28. The fourth-order valence-electron chi connectivity index (χ4n) is 2.36. The zero-order valence-electron chi connectivity index (χ0n) is 11.1. The van der Waals surface area contributed by atoms with Gasteiger partial charge in [-0.3, -0.25) is 4.90 Å². The molecule has 0 amide bonds. The molecule has 21 heavy (non-hydrogen) atoms. The number of hydrogen-bond donors (Lipinski definition) is 1. The monoisotopic (exact) mass is 330 g/mol. The van der Waals surface area contributed by atoms with Gasteiger partial charge in [0.05, 0.1) is 11.6 Å². The van der Waals surface area contributed by atoms with E-state index < -0.39 is 30.3 Å². The molecule has 1 heterocycles. The average Bonchev–Trinajstić information content (AvgIpc) is 2.39. The number of benzene rings is 1. The summed E-state index contributed by atoms with van der Waals surface area (Å²) in [6.45, 7) is 1.76. The van der Waals surface area contributed by atoms with E-state index in [2.05, 4.69) is 5.32 Å². The topological polar surface area (TPSA) is 15.3 Å². The van der Waals surface area contributed by atoms with Gasteiger partial charge in [-0.05, 0) is 17.7 Å². The summed E-state index contributed by atoms with van der Waals surface area (Å²) in [6, 6.07) is 1.91. The number of nitrogens with zero attached hydrogens (tertiary/aromatic N) is 1. The van der Waals surface area contributed by atoms with Crippen LogP contribution in [0, 0.1) is 5.82 Å². The average molecular weight is 331 g/mol. The van der Waals surface area contributed by atoms with E-state index in [0.717, 1.165) is 12.1 Å². The highest BCUT2D eigenvalue weighted by Crippen LogP contribution is 2.33. The van der Waals surface area contributed by atoms with Crippen LogP contribution in [-0.4, -0.2) is 37.8 Å². The number of alkyl halides is 4. The lowest BCUT2D eigenvalue weighted by Gasteiger charge is -2.33. The van der Waals surface area contributed by atoms with Gasteiger partial charge in [0, 0.05) is 26.2 Å². The van der Waals surface area contributed by atoms with Gasteiger partial charge in [0.1, 0.15) is 12.5 Å². The van der Waals surface area contributed by atoms with Gasteiger partial charge >= 0.3 is 6.18 Å². The number of nitrogens with one attached hydrogen (secondary N) is 1. The summed E-state index contributed by atoms with van der Waals surface area (Å²) in [5, 5.41) is 3.10. The van der Waals surface area contributed by atoms with E-state index in [1.54, 1.807) is 4.90 Å². The van der Waals surface area contributed by atoms with E-state index in [-0.39, 0.29) is 18.0 Å². The molecule has 1 N–H and O–H groups in total. The van der Waals surface area contributed by atoms with E-state index in [1.165, 1.54) is 0 Å². The summed E-state index contributed by atoms with van der Waals surface area (Å²) in [4.78, 5) is 1.80. The Morgan fingerprint density at radius 2 is 1.81 bits per heavy atom. The van der Waals surface area contributed by atoms with Crippen LogP contribution in [0.4, 0.5) is 22.0 Å². The van der Waals surface area contributed by atoms with Crippen LogP contribution in [0.2, 0.25) is 0 Å². The second-order valence-corrected chi connectivity index (χ2v) is 4.69. The molecule has 2 rings (SSSR count). The lowest BCUT2D eigenvalue weighted by molar-refractivity contribution is -0.140. The molecular formula is C13H16ClF5N2. The number of piperazine rings is 1. The minimum atomic E-state index is -4.73. The Hall–Kier alpha value is -0.920. The first-order valence-corrected chi connectivity index (χ1v) is 6.31. The van der Waals surface area contributed by atoms with Gasteiger partial charge in [0.25, 0.3) is 0 Å². The predicted molar refractivity (Wildman–Crippen MR) is 71.8 cm³/mol. The van der Waals surface area contributed by atoms with Gasteiger partial charge in [-0.15, -0.1) is 12.4 Å². The van der Waals surface area contributed by atoms with Crippen molar-refractivity contribution in [3.05, 3.63) is 35.1 Å². The Bertz CT molecular complexity index is 460. The molecule has 1 saturated heterocycles. The molecular weight excluding hydrogens is 315 g/mol. The van der Waals surface area contributed by atoms with Gasteiger partial charge in [0.2, 0.25) is 0 Å². The van der Waals surface area contributed by atoms with Gasteiger partial charge < -0.3 is 5.32 Å². The van der Waals surface area contributed by atoms with E-state index in [9.17, 15) is 22.0 Å². The van der Waals surface area contributed by atoms with Crippen LogP contribution in [0.5, 0.6) is 0 Å². The van der Waals surface area contributed by atoms with Crippen LogP contribution in [-0.2, 0) is 6.18 Å². The van der Waals surface area contributed by atoms with Crippen molar-refractivity contribution in [1.29, 1.82) is 0 Å². The summed E-state index contributed by atoms with van der Waals surface area (Å²) in [5.41, 5.74) is -1.08. The Morgan fingerprint density at radius 1 is 1.19 bits per heavy atom. The van der Waals surface area contributed by atoms with Gasteiger partial charge in [0.15, 0.2) is 0 Å². The Morgan fingerprint density at radius 3 is 2.29 bits per heavy atom. The maximum atomic E-state index is 13.5. The van der Waals surface area contributed by atoms with Crippen molar-refractivity contribution < 1.29 is 22.0 Å². The minimum absolute atomic E-state index is 0. The molecule has 0 unspecified atom stereocenters. The second kappa shape index (κ2) is 7.38. The van der Waals surface area contributed by atoms with Crippen LogP contribution in [0.1, 0.15) is 17.2 Å². The molecule has 120 valence electrons. The lowest BCUT2D eigenvalue weighted by Crippen LogP contribution is -2.45. The first-order valence-electron chi connectivity index (χ1n) is 6.31. The summed E-state index contributed by atoms with van der Waals surface area (Å²) < 4.78 is 64.2. The third-order valence-electron chi connectivity index (χ3n) is 3.42. The van der Waals surface area contributed by atoms with Crippen molar-refractivity contribution in [2.24, 2.45) is 0 Å². The molecule has 0 bridgehead atoms. The zero-order chi connectivity index (χ0) is 14.8. The quantitative estimate of drug-likeness (QED) is 0.856. The molecule has 1 aliphatic heterocycles. The smallest absolute Gasteiger partial charge is 0.314 e. The molecule has 1 aromatic carbocycles. The van der Waals surface area contributed by atoms with Crippen LogP contribution in [0.3, 0.4) is 0 Å². The molecule has 1 aliphatic rings. The van der Waals surface area contributed by atoms with E-state index in [4.69, 9.17) is 0 Å². The molecule has 0 saturated carbocycles. The molecule has 1 aromatic rings. The molecule has 8 heteroatoms. The molecule has 1 fully saturated rings. The van der Waals surface area contributed by atoms with Crippen molar-refractivity contribution >= 4 is 12.4 Å². The summed E-state index contributed by atoms with van der Waals surface area (Å²) in [5.74, 6) is -1.36. The van der Waals surface area contributed by atoms with Crippen molar-refractivity contribution in [2.75, 3.05) is 32.9 Å². The standard InChI is InChI=1S/C13H15F5N2.ClH/c14-8-12(20-5-3-19-4-6-20)9-1-2-10(11(15)7-9)13(16,17)18;/h1-2,7,12,19H,3-6,8H2;1H/t12-;/m1./s1. The van der Waals surface area contributed by atoms with Gasteiger partial charge in [-0.2, -0.15) is 13.2 Å². The molecule has 1 atom stereocenters. The highest BCUT2D eigenvalue weighted by molar-refractivity contribution is 5.85. The molecule has 2 nitrogen and oxygen atoms in total. The van der Waals surface area contributed by atoms with Crippen LogP contribution < -0.4 is 5.32 Å². The van der Waals surface area contributed by atoms with Gasteiger partial charge in [-0.25, -0.2) is 8.78 Å². The SMILES string of the molecule is Cl.FC[C@H](c1ccc(C(F)(F)F)c(F)c1)N1CCNCC1. The van der Waals surface area contributed by atoms with Crippen molar-refractivity contribution in [1.82, 2.24) is 10.2 Å². The number of rotatable bonds is 3. The Labute approximate surface area is 125 Å². The van der Waals surface area contributed by atoms with E-state index in [1.807, 2.05) is 0 Å². The number of halogens is 6. The summed E-state index contributed by atoms with van der Waals surface area (Å²) >= 11 is 0. The van der Waals surface area contributed by atoms with Crippen LogP contribution in [0.15, 0.2) is 18.2 Å². The van der Waals surface area contributed by atoms with Crippen LogP contribution in [0.25, 0.3) is 0 Å². The summed E-state index contributed by atoms with van der Waals surface area (Å²) in [6.07, 6.45) is -4.73. The zero-order valence-corrected chi connectivity index (χ0v) is 11.9. The van der Waals surface area contributed by atoms with Gasteiger partial charge in [-0.1, -0.05) is 6.07 Å². The first kappa shape index (κ1) is 18.1. The largest absolute Gasteiger partial charge is 0.419 e. The van der Waals surface area contributed by atoms with Crippen molar-refractivity contribution in [2.45, 2.75) is 12.2 Å². The highest BCUT2D eigenvalue weighted by Gasteiger charge is 2.34. The minimum Gasteiger partial charge on any atom is -0.314 e. The predicted octanol–water partition coefficient (Wildman–Crippen LogP) is 3.18. The third-order valence-corrected chi connectivity index (χ3v) is 3.42.